The number of benzene rings is 1. The molecule has 2 fully saturated rings. The van der Waals surface area contributed by atoms with Crippen LogP contribution in [0.2, 0.25) is 0 Å². The zero-order valence-electron chi connectivity index (χ0n) is 22.7. The number of hydrogen-bond acceptors (Lipinski definition) is 8. The molecule has 10 heteroatoms. The third-order valence-electron chi connectivity index (χ3n) is 7.33. The van der Waals surface area contributed by atoms with Crippen LogP contribution >= 0.6 is 11.8 Å². The minimum absolute atomic E-state index is 0.0992. The van der Waals surface area contributed by atoms with Gasteiger partial charge in [0.25, 0.3) is 0 Å². The fourth-order valence-corrected chi connectivity index (χ4v) is 5.97. The lowest BCUT2D eigenvalue weighted by Gasteiger charge is -2.42. The van der Waals surface area contributed by atoms with Gasteiger partial charge in [-0.15, -0.1) is 0 Å². The number of amides is 2. The largest absolute Gasteiger partial charge is 0.445 e. The molecule has 2 aromatic rings. The Morgan fingerprint density at radius 1 is 1.00 bits per heavy atom. The number of fused-ring (bicyclic) bond motifs is 3. The van der Waals surface area contributed by atoms with Crippen LogP contribution in [0.25, 0.3) is 0 Å². The highest BCUT2D eigenvalue weighted by atomic mass is 32.2. The third kappa shape index (κ3) is 5.85. The number of ether oxygens (including phenoxy) is 2. The molecule has 0 aliphatic carbocycles. The number of aromatic nitrogens is 2. The average molecular weight is 540 g/mol. The Morgan fingerprint density at radius 2 is 1.68 bits per heavy atom. The molecule has 0 N–H and O–H groups in total. The molecule has 1 aromatic carbocycles. The van der Waals surface area contributed by atoms with E-state index in [1.807, 2.05) is 62.3 Å². The number of thioether (sulfide) groups is 1. The van der Waals surface area contributed by atoms with E-state index in [9.17, 15) is 9.59 Å². The first-order valence-corrected chi connectivity index (χ1v) is 14.6. The molecule has 2 atom stereocenters. The van der Waals surface area contributed by atoms with E-state index < -0.39 is 5.60 Å². The van der Waals surface area contributed by atoms with Gasteiger partial charge in [-0.2, -0.15) is 0 Å². The van der Waals surface area contributed by atoms with E-state index in [0.717, 1.165) is 53.7 Å². The highest BCUT2D eigenvalue weighted by molar-refractivity contribution is 7.98. The topological polar surface area (TPSA) is 88.1 Å². The molecule has 204 valence electrons. The van der Waals surface area contributed by atoms with Gasteiger partial charge >= 0.3 is 12.2 Å². The van der Waals surface area contributed by atoms with Crippen LogP contribution < -0.4 is 4.90 Å². The van der Waals surface area contributed by atoms with Crippen LogP contribution in [-0.2, 0) is 28.9 Å². The molecule has 2 amide bonds. The van der Waals surface area contributed by atoms with Gasteiger partial charge in [0.1, 0.15) is 18.0 Å². The summed E-state index contributed by atoms with van der Waals surface area (Å²) in [5.41, 5.74) is 2.56. The Hall–Kier alpha value is -3.01. The van der Waals surface area contributed by atoms with Gasteiger partial charge in [-0.3, -0.25) is 4.90 Å². The maximum Gasteiger partial charge on any atom is 0.410 e. The number of piperazine rings is 1. The summed E-state index contributed by atoms with van der Waals surface area (Å²) in [6, 6.07) is 9.93. The molecule has 2 saturated heterocycles. The summed E-state index contributed by atoms with van der Waals surface area (Å²) < 4.78 is 11.3. The molecular weight excluding hydrogens is 502 g/mol. The summed E-state index contributed by atoms with van der Waals surface area (Å²) in [6.45, 7) is 8.53. The van der Waals surface area contributed by atoms with E-state index in [1.54, 1.807) is 4.90 Å². The van der Waals surface area contributed by atoms with E-state index in [1.165, 1.54) is 11.8 Å². The minimum atomic E-state index is -0.515. The van der Waals surface area contributed by atoms with E-state index in [0.29, 0.717) is 25.9 Å². The predicted molar refractivity (Wildman–Crippen MR) is 147 cm³/mol. The molecule has 0 radical (unpaired) electrons. The van der Waals surface area contributed by atoms with Gasteiger partial charge in [0.2, 0.25) is 0 Å². The molecule has 4 heterocycles. The van der Waals surface area contributed by atoms with Crippen molar-refractivity contribution in [3.8, 4) is 0 Å². The second kappa shape index (κ2) is 11.0. The fourth-order valence-electron chi connectivity index (χ4n) is 5.59. The molecule has 2 bridgehead atoms. The van der Waals surface area contributed by atoms with Gasteiger partial charge in [-0.25, -0.2) is 19.6 Å². The lowest BCUT2D eigenvalue weighted by atomic mass is 10.1. The monoisotopic (exact) mass is 539 g/mol. The third-order valence-corrected chi connectivity index (χ3v) is 7.88. The van der Waals surface area contributed by atoms with Gasteiger partial charge in [-0.05, 0) is 51.9 Å². The van der Waals surface area contributed by atoms with E-state index in [4.69, 9.17) is 19.4 Å². The van der Waals surface area contributed by atoms with Crippen molar-refractivity contribution in [1.82, 2.24) is 19.8 Å². The van der Waals surface area contributed by atoms with Gasteiger partial charge in [-0.1, -0.05) is 42.1 Å². The van der Waals surface area contributed by atoms with Crippen molar-refractivity contribution in [2.45, 2.75) is 75.9 Å². The van der Waals surface area contributed by atoms with Crippen LogP contribution in [0.3, 0.4) is 0 Å². The number of hydrogen-bond donors (Lipinski definition) is 0. The van der Waals surface area contributed by atoms with Crippen LogP contribution in [0.4, 0.5) is 15.4 Å². The zero-order valence-corrected chi connectivity index (χ0v) is 23.5. The Bertz CT molecular complexity index is 1160. The Labute approximate surface area is 228 Å². The summed E-state index contributed by atoms with van der Waals surface area (Å²) in [7, 11) is 0. The maximum atomic E-state index is 12.9. The number of rotatable bonds is 4. The predicted octanol–water partition coefficient (Wildman–Crippen LogP) is 4.52. The maximum absolute atomic E-state index is 12.9. The molecule has 0 saturated carbocycles. The molecule has 38 heavy (non-hydrogen) atoms. The molecular formula is C28H37N5O4S. The summed E-state index contributed by atoms with van der Waals surface area (Å²) >= 11 is 1.53. The highest BCUT2D eigenvalue weighted by Crippen LogP contribution is 2.36. The van der Waals surface area contributed by atoms with Gasteiger partial charge in [0.05, 0.1) is 17.8 Å². The summed E-state index contributed by atoms with van der Waals surface area (Å²) in [5, 5.41) is 0.737. The van der Waals surface area contributed by atoms with Crippen LogP contribution in [0.5, 0.6) is 0 Å². The van der Waals surface area contributed by atoms with Crippen molar-refractivity contribution in [1.29, 1.82) is 0 Å². The van der Waals surface area contributed by atoms with Crippen LogP contribution in [0, 0.1) is 0 Å². The Kier molecular flexibility index (Phi) is 7.70. The number of carbonyl (C=O) groups is 2. The van der Waals surface area contributed by atoms with Crippen molar-refractivity contribution < 1.29 is 19.1 Å². The van der Waals surface area contributed by atoms with Crippen molar-refractivity contribution in [3.63, 3.8) is 0 Å². The second-order valence-electron chi connectivity index (χ2n) is 11.2. The van der Waals surface area contributed by atoms with Crippen molar-refractivity contribution in [2.24, 2.45) is 0 Å². The first-order chi connectivity index (χ1) is 18.2. The van der Waals surface area contributed by atoms with Gasteiger partial charge < -0.3 is 19.3 Å². The summed E-state index contributed by atoms with van der Waals surface area (Å²) in [4.78, 5) is 41.7. The smallest absolute Gasteiger partial charge is 0.410 e. The molecule has 3 aliphatic rings. The van der Waals surface area contributed by atoms with Gasteiger partial charge in [0, 0.05) is 38.2 Å². The van der Waals surface area contributed by atoms with Crippen LogP contribution in [0.1, 0.15) is 50.4 Å². The standard InChI is InChI=1S/C28H37N5O4S/c1-28(2,3)37-27(35)33-20-10-11-21(33)17-32(16-20)24-22-12-14-31(15-13-23(22)29-25(30-24)38-4)26(34)36-18-19-8-6-5-7-9-19/h5-9,20-21H,10-18H2,1-4H3. The molecule has 3 aliphatic heterocycles. The average Bonchev–Trinajstić information content (AvgIpc) is 3.04. The summed E-state index contributed by atoms with van der Waals surface area (Å²) in [6.07, 6.45) is 4.71. The van der Waals surface area contributed by atoms with E-state index in [-0.39, 0.29) is 30.9 Å². The molecule has 9 nitrogen and oxygen atoms in total. The highest BCUT2D eigenvalue weighted by Gasteiger charge is 2.45. The first kappa shape index (κ1) is 26.6. The number of nitrogens with zero attached hydrogens (tertiary/aromatic N) is 5. The molecule has 5 rings (SSSR count). The lowest BCUT2D eigenvalue weighted by molar-refractivity contribution is 0.0122. The first-order valence-electron chi connectivity index (χ1n) is 13.4. The van der Waals surface area contributed by atoms with Crippen LogP contribution in [0.15, 0.2) is 35.5 Å². The van der Waals surface area contributed by atoms with Gasteiger partial charge in [0.15, 0.2) is 5.16 Å². The molecule has 2 unspecified atom stereocenters. The minimum Gasteiger partial charge on any atom is -0.445 e. The normalized spacial score (nSPS) is 21.1. The fraction of sp³-hybridized carbons (Fsp3) is 0.571. The zero-order chi connectivity index (χ0) is 26.9. The number of anilines is 1. The lowest BCUT2D eigenvalue weighted by Crippen LogP contribution is -2.57. The number of carbonyl (C=O) groups excluding carboxylic acids is 2. The van der Waals surface area contributed by atoms with Crippen molar-refractivity contribution in [3.05, 3.63) is 47.2 Å². The second-order valence-corrected chi connectivity index (χ2v) is 11.9. The van der Waals surface area contributed by atoms with Crippen molar-refractivity contribution in [2.75, 3.05) is 37.3 Å². The quantitative estimate of drug-likeness (QED) is 0.414. The van der Waals surface area contributed by atoms with E-state index >= 15 is 0 Å². The Morgan fingerprint density at radius 3 is 2.34 bits per heavy atom. The van der Waals surface area contributed by atoms with Crippen molar-refractivity contribution >= 4 is 29.8 Å². The Balaban J connectivity index is 1.30. The SMILES string of the molecule is CSc1nc2c(c(N3CC4CCC(C3)N4C(=O)OC(C)(C)C)n1)CCN(C(=O)OCc1ccccc1)CC2. The summed E-state index contributed by atoms with van der Waals surface area (Å²) in [5.74, 6) is 0.944. The van der Waals surface area contributed by atoms with Crippen LogP contribution in [-0.4, -0.2) is 82.1 Å². The molecule has 0 spiro atoms. The van der Waals surface area contributed by atoms with E-state index in [2.05, 4.69) is 4.90 Å². The molecule has 1 aromatic heterocycles.